The number of benzene rings is 1. The molecule has 1 atom stereocenters. The Hall–Kier alpha value is -1.44. The van der Waals surface area contributed by atoms with E-state index in [9.17, 15) is 13.2 Å². The monoisotopic (exact) mass is 313 g/mol. The maximum Gasteiger partial charge on any atom is 0.242 e. The van der Waals surface area contributed by atoms with Gasteiger partial charge in [-0.3, -0.25) is 4.79 Å². The van der Waals surface area contributed by atoms with Crippen molar-refractivity contribution in [2.75, 3.05) is 27.7 Å². The highest BCUT2D eigenvalue weighted by Gasteiger charge is 2.21. The van der Waals surface area contributed by atoms with E-state index in [1.807, 2.05) is 6.92 Å². The van der Waals surface area contributed by atoms with Gasteiger partial charge in [0.15, 0.2) is 0 Å². The van der Waals surface area contributed by atoms with Crippen LogP contribution in [0.25, 0.3) is 0 Å². The molecule has 0 spiro atoms. The summed E-state index contributed by atoms with van der Waals surface area (Å²) in [5, 5.41) is 5.71. The highest BCUT2D eigenvalue weighted by atomic mass is 32.2. The molecule has 2 N–H and O–H groups in total. The first-order valence-corrected chi connectivity index (χ1v) is 8.17. The summed E-state index contributed by atoms with van der Waals surface area (Å²) in [4.78, 5) is 12.1. The molecule has 7 heteroatoms. The molecule has 6 nitrogen and oxygen atoms in total. The largest absolute Gasteiger partial charge is 0.352 e. The standard InChI is InChI=1S/C14H23N3O3S/c1-11(9-15-2)14(18)16-10-12-7-5-6-8-13(12)21(19,20)17(3)4/h5-8,11,15H,9-10H2,1-4H3,(H,16,18). The van der Waals surface area contributed by atoms with Crippen molar-refractivity contribution >= 4 is 15.9 Å². The fourth-order valence-corrected chi connectivity index (χ4v) is 2.97. The SMILES string of the molecule is CNCC(C)C(=O)NCc1ccccc1S(=O)(=O)N(C)C. The van der Waals surface area contributed by atoms with Crippen LogP contribution < -0.4 is 10.6 Å². The van der Waals surface area contributed by atoms with Crippen molar-refractivity contribution in [1.29, 1.82) is 0 Å². The van der Waals surface area contributed by atoms with E-state index in [0.29, 0.717) is 12.1 Å². The van der Waals surface area contributed by atoms with Gasteiger partial charge in [-0.25, -0.2) is 12.7 Å². The van der Waals surface area contributed by atoms with Crippen LogP contribution in [-0.4, -0.2) is 46.3 Å². The molecule has 1 amide bonds. The van der Waals surface area contributed by atoms with Crippen LogP contribution in [0.3, 0.4) is 0 Å². The molecule has 0 bridgehead atoms. The van der Waals surface area contributed by atoms with Gasteiger partial charge in [-0.05, 0) is 18.7 Å². The third-order valence-electron chi connectivity index (χ3n) is 3.14. The summed E-state index contributed by atoms with van der Waals surface area (Å²) in [5.74, 6) is -0.283. The smallest absolute Gasteiger partial charge is 0.242 e. The number of sulfonamides is 1. The number of hydrogen-bond acceptors (Lipinski definition) is 4. The number of rotatable bonds is 7. The third kappa shape index (κ3) is 4.52. The van der Waals surface area contributed by atoms with Crippen LogP contribution in [0.5, 0.6) is 0 Å². The molecule has 0 aromatic heterocycles. The van der Waals surface area contributed by atoms with Gasteiger partial charge in [-0.2, -0.15) is 0 Å². The Labute approximate surface area is 126 Å². The normalized spacial score (nSPS) is 13.2. The van der Waals surface area contributed by atoms with E-state index >= 15 is 0 Å². The van der Waals surface area contributed by atoms with Crippen molar-refractivity contribution in [3.05, 3.63) is 29.8 Å². The molecule has 118 valence electrons. The molecular formula is C14H23N3O3S. The third-order valence-corrected chi connectivity index (χ3v) is 5.06. The summed E-state index contributed by atoms with van der Waals surface area (Å²) in [7, 11) is 1.24. The zero-order chi connectivity index (χ0) is 16.0. The summed E-state index contributed by atoms with van der Waals surface area (Å²) in [6.07, 6.45) is 0. The zero-order valence-electron chi connectivity index (χ0n) is 12.9. The minimum absolute atomic E-state index is 0.110. The van der Waals surface area contributed by atoms with E-state index in [1.54, 1.807) is 31.3 Å². The van der Waals surface area contributed by atoms with E-state index in [1.165, 1.54) is 14.1 Å². The number of nitrogens with one attached hydrogen (secondary N) is 2. The molecule has 1 aromatic carbocycles. The molecule has 21 heavy (non-hydrogen) atoms. The van der Waals surface area contributed by atoms with Gasteiger partial charge in [0, 0.05) is 33.1 Å². The predicted octanol–water partition coefficient (Wildman–Crippen LogP) is 0.409. The maximum atomic E-state index is 12.2. The van der Waals surface area contributed by atoms with E-state index in [0.717, 1.165) is 4.31 Å². The highest BCUT2D eigenvalue weighted by molar-refractivity contribution is 7.89. The van der Waals surface area contributed by atoms with Gasteiger partial charge in [0.1, 0.15) is 0 Å². The molecule has 0 radical (unpaired) electrons. The van der Waals surface area contributed by atoms with Gasteiger partial charge in [0.2, 0.25) is 15.9 Å². The molecule has 0 saturated carbocycles. The maximum absolute atomic E-state index is 12.2. The van der Waals surface area contributed by atoms with Crippen LogP contribution in [-0.2, 0) is 21.4 Å². The lowest BCUT2D eigenvalue weighted by Crippen LogP contribution is -2.34. The van der Waals surface area contributed by atoms with Gasteiger partial charge in [0.05, 0.1) is 4.90 Å². The molecule has 0 fully saturated rings. The molecule has 1 unspecified atom stereocenters. The van der Waals surface area contributed by atoms with Crippen LogP contribution >= 0.6 is 0 Å². The molecule has 1 aromatic rings. The predicted molar refractivity (Wildman–Crippen MR) is 82.3 cm³/mol. The quantitative estimate of drug-likeness (QED) is 0.764. The zero-order valence-corrected chi connectivity index (χ0v) is 13.7. The summed E-state index contributed by atoms with van der Waals surface area (Å²) in [6, 6.07) is 6.69. The van der Waals surface area contributed by atoms with Crippen molar-refractivity contribution < 1.29 is 13.2 Å². The summed E-state index contributed by atoms with van der Waals surface area (Å²) < 4.78 is 25.6. The fraction of sp³-hybridized carbons (Fsp3) is 0.500. The Bertz CT molecular complexity index is 585. The molecular weight excluding hydrogens is 290 g/mol. The van der Waals surface area contributed by atoms with Gasteiger partial charge in [0.25, 0.3) is 0 Å². The van der Waals surface area contributed by atoms with Crippen molar-refractivity contribution in [2.24, 2.45) is 5.92 Å². The Morgan fingerprint density at radius 3 is 2.48 bits per heavy atom. The molecule has 0 heterocycles. The summed E-state index contributed by atoms with van der Waals surface area (Å²) >= 11 is 0. The second-order valence-electron chi connectivity index (χ2n) is 5.07. The Balaban J connectivity index is 2.89. The lowest BCUT2D eigenvalue weighted by Gasteiger charge is -2.16. The number of carbonyl (C=O) groups excluding carboxylic acids is 1. The van der Waals surface area contributed by atoms with Crippen LogP contribution in [0, 0.1) is 5.92 Å². The summed E-state index contributed by atoms with van der Waals surface area (Å²) in [6.45, 7) is 2.58. The lowest BCUT2D eigenvalue weighted by atomic mass is 10.1. The van der Waals surface area contributed by atoms with Gasteiger partial charge >= 0.3 is 0 Å². The van der Waals surface area contributed by atoms with E-state index in [2.05, 4.69) is 10.6 Å². The molecule has 0 saturated heterocycles. The Morgan fingerprint density at radius 1 is 1.29 bits per heavy atom. The minimum atomic E-state index is -3.52. The van der Waals surface area contributed by atoms with Crippen LogP contribution in [0.2, 0.25) is 0 Å². The number of amides is 1. The molecule has 0 aliphatic heterocycles. The average Bonchev–Trinajstić information content (AvgIpc) is 2.45. The number of carbonyl (C=O) groups is 1. The first-order chi connectivity index (χ1) is 9.80. The number of hydrogen-bond donors (Lipinski definition) is 2. The Morgan fingerprint density at radius 2 is 1.90 bits per heavy atom. The Kier molecular flexibility index (Phi) is 6.32. The van der Waals surface area contributed by atoms with E-state index in [-0.39, 0.29) is 23.3 Å². The van der Waals surface area contributed by atoms with Crippen LogP contribution in [0.4, 0.5) is 0 Å². The van der Waals surface area contributed by atoms with E-state index in [4.69, 9.17) is 0 Å². The van der Waals surface area contributed by atoms with Crippen LogP contribution in [0.1, 0.15) is 12.5 Å². The first-order valence-electron chi connectivity index (χ1n) is 6.73. The molecule has 0 aliphatic rings. The van der Waals surface area contributed by atoms with Crippen molar-refractivity contribution in [3.8, 4) is 0 Å². The van der Waals surface area contributed by atoms with Gasteiger partial charge in [-0.1, -0.05) is 25.1 Å². The topological polar surface area (TPSA) is 78.5 Å². The van der Waals surface area contributed by atoms with Gasteiger partial charge in [-0.15, -0.1) is 0 Å². The summed E-state index contributed by atoms with van der Waals surface area (Å²) in [5.41, 5.74) is 0.580. The second kappa shape index (κ2) is 7.53. The minimum Gasteiger partial charge on any atom is -0.352 e. The van der Waals surface area contributed by atoms with Gasteiger partial charge < -0.3 is 10.6 Å². The highest BCUT2D eigenvalue weighted by Crippen LogP contribution is 2.18. The van der Waals surface area contributed by atoms with Crippen LogP contribution in [0.15, 0.2) is 29.2 Å². The second-order valence-corrected chi connectivity index (χ2v) is 7.19. The van der Waals surface area contributed by atoms with E-state index < -0.39 is 10.0 Å². The van der Waals surface area contributed by atoms with Crippen molar-refractivity contribution in [2.45, 2.75) is 18.4 Å². The molecule has 1 rings (SSSR count). The molecule has 0 aliphatic carbocycles. The van der Waals surface area contributed by atoms with Crippen molar-refractivity contribution in [3.63, 3.8) is 0 Å². The average molecular weight is 313 g/mol. The number of nitrogens with zero attached hydrogens (tertiary/aromatic N) is 1. The fourth-order valence-electron chi connectivity index (χ4n) is 1.85. The van der Waals surface area contributed by atoms with Crippen molar-refractivity contribution in [1.82, 2.24) is 14.9 Å². The first kappa shape index (κ1) is 17.6. The lowest BCUT2D eigenvalue weighted by molar-refractivity contribution is -0.124.